The molecule has 0 saturated carbocycles. The third-order valence-electron chi connectivity index (χ3n) is 5.76. The second-order valence-electron chi connectivity index (χ2n) is 7.83. The molecule has 5 aromatic heterocycles. The van der Waals surface area contributed by atoms with E-state index < -0.39 is 0 Å². The van der Waals surface area contributed by atoms with E-state index in [4.69, 9.17) is 4.98 Å². The zero-order valence-corrected chi connectivity index (χ0v) is 16.9. The lowest BCUT2D eigenvalue weighted by Gasteiger charge is -2.24. The van der Waals surface area contributed by atoms with Crippen molar-refractivity contribution in [3.05, 3.63) is 67.4 Å². The van der Waals surface area contributed by atoms with Crippen LogP contribution in [0.25, 0.3) is 33.8 Å². The van der Waals surface area contributed by atoms with Crippen molar-refractivity contribution >= 4 is 17.0 Å². The van der Waals surface area contributed by atoms with Crippen molar-refractivity contribution in [3.8, 4) is 22.6 Å². The zero-order valence-electron chi connectivity index (χ0n) is 16.9. The van der Waals surface area contributed by atoms with Gasteiger partial charge in [-0.05, 0) is 43.7 Å². The first-order valence-electron chi connectivity index (χ1n) is 10.6. The Balaban J connectivity index is 1.38. The normalized spacial score (nSPS) is 16.7. The summed E-state index contributed by atoms with van der Waals surface area (Å²) in [7, 11) is 0. The Labute approximate surface area is 179 Å². The minimum Gasteiger partial charge on any atom is -0.366 e. The SMILES string of the molecule is c1cc(NC2CCCNC2)nc(-c2cnc3cnc(-c4cnn5ccccc45)cn23)c1. The fraction of sp³-hybridized carbons (Fsp3) is 0.217. The maximum absolute atomic E-state index is 4.87. The second-order valence-corrected chi connectivity index (χ2v) is 7.83. The fourth-order valence-corrected chi connectivity index (χ4v) is 4.19. The highest BCUT2D eigenvalue weighted by molar-refractivity contribution is 5.78. The molecule has 1 aliphatic rings. The van der Waals surface area contributed by atoms with Gasteiger partial charge in [0, 0.05) is 30.5 Å². The predicted octanol–water partition coefficient (Wildman–Crippen LogP) is 3.27. The lowest BCUT2D eigenvalue weighted by molar-refractivity contribution is 0.479. The number of aromatic nitrogens is 6. The summed E-state index contributed by atoms with van der Waals surface area (Å²) in [6.07, 6.45) is 11.8. The molecule has 1 saturated heterocycles. The smallest absolute Gasteiger partial charge is 0.155 e. The number of nitrogens with one attached hydrogen (secondary N) is 2. The summed E-state index contributed by atoms with van der Waals surface area (Å²) >= 11 is 0. The Bertz CT molecular complexity index is 1360. The van der Waals surface area contributed by atoms with Crippen molar-refractivity contribution in [2.24, 2.45) is 0 Å². The fourth-order valence-electron chi connectivity index (χ4n) is 4.19. The van der Waals surface area contributed by atoms with Gasteiger partial charge in [0.15, 0.2) is 5.65 Å². The van der Waals surface area contributed by atoms with Gasteiger partial charge in [-0.15, -0.1) is 0 Å². The highest BCUT2D eigenvalue weighted by Crippen LogP contribution is 2.26. The van der Waals surface area contributed by atoms with Gasteiger partial charge in [0.05, 0.1) is 41.2 Å². The zero-order chi connectivity index (χ0) is 20.6. The van der Waals surface area contributed by atoms with Crippen molar-refractivity contribution in [1.29, 1.82) is 0 Å². The summed E-state index contributed by atoms with van der Waals surface area (Å²) in [5, 5.41) is 11.4. The van der Waals surface area contributed by atoms with Gasteiger partial charge < -0.3 is 10.6 Å². The Kier molecular flexibility index (Phi) is 4.35. The summed E-state index contributed by atoms with van der Waals surface area (Å²) in [4.78, 5) is 14.0. The predicted molar refractivity (Wildman–Crippen MR) is 120 cm³/mol. The number of fused-ring (bicyclic) bond motifs is 2. The molecule has 1 atom stereocenters. The molecule has 8 nitrogen and oxygen atoms in total. The lowest BCUT2D eigenvalue weighted by Crippen LogP contribution is -2.38. The molecule has 0 aromatic carbocycles. The largest absolute Gasteiger partial charge is 0.366 e. The maximum Gasteiger partial charge on any atom is 0.155 e. The number of piperidine rings is 1. The molecule has 6 rings (SSSR count). The molecule has 2 N–H and O–H groups in total. The molecular weight excluding hydrogens is 388 g/mol. The van der Waals surface area contributed by atoms with Gasteiger partial charge in [0.2, 0.25) is 0 Å². The van der Waals surface area contributed by atoms with Crippen LogP contribution in [0.5, 0.6) is 0 Å². The molecular formula is C23H22N8. The third kappa shape index (κ3) is 3.30. The van der Waals surface area contributed by atoms with Gasteiger partial charge in [-0.2, -0.15) is 5.10 Å². The maximum atomic E-state index is 4.87. The van der Waals surface area contributed by atoms with Crippen LogP contribution in [0.4, 0.5) is 5.82 Å². The lowest BCUT2D eigenvalue weighted by atomic mass is 10.1. The van der Waals surface area contributed by atoms with E-state index in [0.29, 0.717) is 6.04 Å². The van der Waals surface area contributed by atoms with Crippen LogP contribution in [-0.4, -0.2) is 48.1 Å². The van der Waals surface area contributed by atoms with E-state index in [1.807, 2.05) is 70.1 Å². The summed E-state index contributed by atoms with van der Waals surface area (Å²) in [6.45, 7) is 2.06. The summed E-state index contributed by atoms with van der Waals surface area (Å²) < 4.78 is 3.90. The van der Waals surface area contributed by atoms with Crippen LogP contribution in [0.2, 0.25) is 0 Å². The van der Waals surface area contributed by atoms with E-state index >= 15 is 0 Å². The van der Waals surface area contributed by atoms with Gasteiger partial charge >= 0.3 is 0 Å². The van der Waals surface area contributed by atoms with E-state index in [1.165, 1.54) is 6.42 Å². The first-order valence-corrected chi connectivity index (χ1v) is 10.6. The topological polar surface area (TPSA) is 84.4 Å². The third-order valence-corrected chi connectivity index (χ3v) is 5.76. The van der Waals surface area contributed by atoms with Crippen molar-refractivity contribution in [2.45, 2.75) is 18.9 Å². The average molecular weight is 410 g/mol. The molecule has 1 unspecified atom stereocenters. The van der Waals surface area contributed by atoms with Crippen molar-refractivity contribution in [2.75, 3.05) is 18.4 Å². The van der Waals surface area contributed by atoms with Gasteiger partial charge in [0.25, 0.3) is 0 Å². The second kappa shape index (κ2) is 7.48. The van der Waals surface area contributed by atoms with Gasteiger partial charge in [-0.1, -0.05) is 12.1 Å². The quantitative estimate of drug-likeness (QED) is 0.473. The Morgan fingerprint density at radius 1 is 1.00 bits per heavy atom. The molecule has 154 valence electrons. The first kappa shape index (κ1) is 18.0. The summed E-state index contributed by atoms with van der Waals surface area (Å²) in [6, 6.07) is 12.5. The van der Waals surface area contributed by atoms with Crippen LogP contribution in [-0.2, 0) is 0 Å². The molecule has 0 aliphatic carbocycles. The molecule has 0 amide bonds. The minimum absolute atomic E-state index is 0.408. The van der Waals surface area contributed by atoms with E-state index in [0.717, 1.165) is 59.1 Å². The number of hydrogen-bond donors (Lipinski definition) is 2. The van der Waals surface area contributed by atoms with Crippen LogP contribution < -0.4 is 10.6 Å². The highest BCUT2D eigenvalue weighted by atomic mass is 15.2. The number of imidazole rings is 1. The van der Waals surface area contributed by atoms with Crippen LogP contribution in [0, 0.1) is 0 Å². The first-order chi connectivity index (χ1) is 15.3. The molecule has 0 radical (unpaired) electrons. The van der Waals surface area contributed by atoms with Crippen molar-refractivity contribution in [1.82, 2.24) is 34.3 Å². The van der Waals surface area contributed by atoms with Crippen molar-refractivity contribution in [3.63, 3.8) is 0 Å². The average Bonchev–Trinajstić information content (AvgIpc) is 3.44. The van der Waals surface area contributed by atoms with Crippen LogP contribution in [0.1, 0.15) is 12.8 Å². The van der Waals surface area contributed by atoms with Gasteiger partial charge in [0.1, 0.15) is 5.82 Å². The molecule has 1 aliphatic heterocycles. The number of nitrogens with zero attached hydrogens (tertiary/aromatic N) is 6. The van der Waals surface area contributed by atoms with Crippen LogP contribution in [0.15, 0.2) is 67.4 Å². The van der Waals surface area contributed by atoms with Gasteiger partial charge in [-0.25, -0.2) is 14.5 Å². The van der Waals surface area contributed by atoms with E-state index in [9.17, 15) is 0 Å². The summed E-state index contributed by atoms with van der Waals surface area (Å²) in [5.74, 6) is 0.887. The van der Waals surface area contributed by atoms with E-state index in [-0.39, 0.29) is 0 Å². The van der Waals surface area contributed by atoms with E-state index in [1.54, 1.807) is 6.20 Å². The Morgan fingerprint density at radius 2 is 2.00 bits per heavy atom. The number of pyridine rings is 2. The number of hydrogen-bond acceptors (Lipinski definition) is 6. The van der Waals surface area contributed by atoms with Gasteiger partial charge in [-0.3, -0.25) is 9.38 Å². The van der Waals surface area contributed by atoms with Crippen LogP contribution in [0.3, 0.4) is 0 Å². The molecule has 31 heavy (non-hydrogen) atoms. The minimum atomic E-state index is 0.408. The Morgan fingerprint density at radius 3 is 2.94 bits per heavy atom. The molecule has 5 aromatic rings. The van der Waals surface area contributed by atoms with Crippen LogP contribution >= 0.6 is 0 Å². The Hall–Kier alpha value is -3.78. The summed E-state index contributed by atoms with van der Waals surface area (Å²) in [5.41, 5.74) is 5.43. The molecule has 0 bridgehead atoms. The van der Waals surface area contributed by atoms with E-state index in [2.05, 4.69) is 25.7 Å². The molecule has 8 heteroatoms. The monoisotopic (exact) mass is 410 g/mol. The standard InChI is InChI=1S/C23H22N8/c1-2-10-31-20(7-1)17(12-27-31)19-15-30-21(13-26-23(30)14-25-19)18-6-3-8-22(29-18)28-16-5-4-9-24-11-16/h1-3,6-8,10,12-16,24H,4-5,9,11H2,(H,28,29). The van der Waals surface area contributed by atoms with Crippen molar-refractivity contribution < 1.29 is 0 Å². The molecule has 6 heterocycles. The molecule has 1 fully saturated rings. The highest BCUT2D eigenvalue weighted by Gasteiger charge is 2.15. The number of rotatable bonds is 4. The molecule has 0 spiro atoms. The number of anilines is 1.